The van der Waals surface area contributed by atoms with Crippen molar-refractivity contribution in [1.82, 2.24) is 5.32 Å². The maximum Gasteiger partial charge on any atom is 0.262 e. The Labute approximate surface area is 141 Å². The van der Waals surface area contributed by atoms with Crippen LogP contribution in [-0.4, -0.2) is 15.5 Å². The summed E-state index contributed by atoms with van der Waals surface area (Å²) in [7, 11) is -1.80. The number of nitrogens with one attached hydrogen (secondary N) is 2. The summed E-state index contributed by atoms with van der Waals surface area (Å²) in [4.78, 5) is 1.21. The molecule has 0 aliphatic rings. The first-order valence-corrected chi connectivity index (χ1v) is 9.57. The van der Waals surface area contributed by atoms with Gasteiger partial charge in [0.1, 0.15) is 0 Å². The summed E-state index contributed by atoms with van der Waals surface area (Å²) in [6.07, 6.45) is 0. The van der Waals surface area contributed by atoms with Crippen LogP contribution >= 0.6 is 38.9 Å². The van der Waals surface area contributed by atoms with E-state index in [9.17, 15) is 8.42 Å². The van der Waals surface area contributed by atoms with Gasteiger partial charge in [-0.15, -0.1) is 11.3 Å². The zero-order chi connectivity index (χ0) is 15.6. The van der Waals surface area contributed by atoms with E-state index in [1.54, 1.807) is 23.6 Å². The summed E-state index contributed by atoms with van der Waals surface area (Å²) >= 11 is 10.8. The van der Waals surface area contributed by atoms with Crippen LogP contribution < -0.4 is 10.0 Å². The number of rotatable bonds is 5. The maximum absolute atomic E-state index is 12.4. The molecule has 2 rings (SSSR count). The summed E-state index contributed by atoms with van der Waals surface area (Å²) in [6.45, 7) is 2.49. The van der Waals surface area contributed by atoms with Crippen molar-refractivity contribution in [3.8, 4) is 0 Å². The molecule has 1 aromatic carbocycles. The Balaban J connectivity index is 2.30. The van der Waals surface area contributed by atoms with E-state index >= 15 is 0 Å². The van der Waals surface area contributed by atoms with Gasteiger partial charge in [-0.25, -0.2) is 8.42 Å². The van der Waals surface area contributed by atoms with Crippen molar-refractivity contribution in [2.24, 2.45) is 0 Å². The van der Waals surface area contributed by atoms with Crippen molar-refractivity contribution >= 4 is 54.6 Å². The number of thiophene rings is 1. The van der Waals surface area contributed by atoms with Crippen LogP contribution in [0.5, 0.6) is 0 Å². The third-order valence-corrected chi connectivity index (χ3v) is 6.28. The molecule has 2 aromatic rings. The Morgan fingerprint density at radius 3 is 2.71 bits per heavy atom. The molecule has 0 atom stereocenters. The van der Waals surface area contributed by atoms with E-state index in [0.717, 1.165) is 10.4 Å². The fraction of sp³-hybridized carbons (Fsp3) is 0.231. The van der Waals surface area contributed by atoms with Crippen LogP contribution in [0.3, 0.4) is 0 Å². The molecule has 1 heterocycles. The van der Waals surface area contributed by atoms with Crippen molar-refractivity contribution in [1.29, 1.82) is 0 Å². The molecule has 114 valence electrons. The van der Waals surface area contributed by atoms with E-state index in [2.05, 4.69) is 26.0 Å². The third kappa shape index (κ3) is 3.98. The van der Waals surface area contributed by atoms with Gasteiger partial charge in [0.2, 0.25) is 0 Å². The SMILES string of the molecule is CNCc1cc(S(=O)(=O)Nc2cc(Cl)c(C)cc2Br)cs1. The van der Waals surface area contributed by atoms with E-state index in [1.165, 1.54) is 11.3 Å². The average molecular weight is 410 g/mol. The molecule has 0 aliphatic carbocycles. The highest BCUT2D eigenvalue weighted by atomic mass is 79.9. The molecule has 0 unspecified atom stereocenters. The van der Waals surface area contributed by atoms with E-state index in [0.29, 0.717) is 21.7 Å². The molecule has 1 aromatic heterocycles. The van der Waals surface area contributed by atoms with Crippen molar-refractivity contribution < 1.29 is 8.42 Å². The lowest BCUT2D eigenvalue weighted by atomic mass is 10.2. The molecular weight excluding hydrogens is 396 g/mol. The summed E-state index contributed by atoms with van der Waals surface area (Å²) in [5.41, 5.74) is 1.30. The Kier molecular flexibility index (Phi) is 5.32. The second-order valence-electron chi connectivity index (χ2n) is 4.47. The van der Waals surface area contributed by atoms with Gasteiger partial charge in [-0.3, -0.25) is 4.72 Å². The Morgan fingerprint density at radius 1 is 1.33 bits per heavy atom. The maximum atomic E-state index is 12.4. The fourth-order valence-electron chi connectivity index (χ4n) is 1.70. The molecule has 8 heteroatoms. The van der Waals surface area contributed by atoms with E-state index in [1.807, 2.05) is 14.0 Å². The van der Waals surface area contributed by atoms with Crippen LogP contribution in [-0.2, 0) is 16.6 Å². The topological polar surface area (TPSA) is 58.2 Å². The van der Waals surface area contributed by atoms with Crippen LogP contribution in [0.25, 0.3) is 0 Å². The second-order valence-corrected chi connectivity index (χ2v) is 8.41. The quantitative estimate of drug-likeness (QED) is 0.785. The lowest BCUT2D eigenvalue weighted by Crippen LogP contribution is -2.12. The van der Waals surface area contributed by atoms with E-state index in [-0.39, 0.29) is 4.90 Å². The van der Waals surface area contributed by atoms with Crippen LogP contribution in [0.4, 0.5) is 5.69 Å². The molecule has 0 aliphatic heterocycles. The first-order chi connectivity index (χ1) is 9.83. The Bertz CT molecular complexity index is 760. The van der Waals surface area contributed by atoms with E-state index in [4.69, 9.17) is 11.6 Å². The highest BCUT2D eigenvalue weighted by molar-refractivity contribution is 9.10. The van der Waals surface area contributed by atoms with Crippen molar-refractivity contribution in [2.75, 3.05) is 11.8 Å². The highest BCUT2D eigenvalue weighted by Gasteiger charge is 2.18. The standard InChI is InChI=1S/C13H14BrClN2O2S2/c1-8-3-11(14)13(5-12(8)15)17-21(18,19)10-4-9(6-16-2)20-7-10/h3-5,7,16-17H,6H2,1-2H3. The monoisotopic (exact) mass is 408 g/mol. The van der Waals surface area contributed by atoms with Gasteiger partial charge in [-0.2, -0.15) is 0 Å². The van der Waals surface area contributed by atoms with Gasteiger partial charge in [0.05, 0.1) is 10.6 Å². The summed E-state index contributed by atoms with van der Waals surface area (Å²) in [6, 6.07) is 5.03. The number of sulfonamides is 1. The van der Waals surface area contributed by atoms with Gasteiger partial charge >= 0.3 is 0 Å². The van der Waals surface area contributed by atoms with Gasteiger partial charge in [-0.05, 0) is 53.7 Å². The highest BCUT2D eigenvalue weighted by Crippen LogP contribution is 2.31. The normalized spacial score (nSPS) is 11.6. The molecule has 0 bridgehead atoms. The number of halogens is 2. The number of benzene rings is 1. The Hall–Kier alpha value is -0.600. The average Bonchev–Trinajstić information content (AvgIpc) is 2.86. The van der Waals surface area contributed by atoms with Gasteiger partial charge in [0.25, 0.3) is 10.0 Å². The lowest BCUT2D eigenvalue weighted by molar-refractivity contribution is 0.601. The smallest absolute Gasteiger partial charge is 0.262 e. The van der Waals surface area contributed by atoms with Crippen molar-refractivity contribution in [2.45, 2.75) is 18.4 Å². The predicted molar refractivity (Wildman–Crippen MR) is 91.8 cm³/mol. The van der Waals surface area contributed by atoms with E-state index < -0.39 is 10.0 Å². The molecule has 21 heavy (non-hydrogen) atoms. The number of anilines is 1. The zero-order valence-electron chi connectivity index (χ0n) is 11.4. The summed E-state index contributed by atoms with van der Waals surface area (Å²) in [5, 5.41) is 5.13. The predicted octanol–water partition coefficient (Wildman–Crippen LogP) is 3.99. The lowest BCUT2D eigenvalue weighted by Gasteiger charge is -2.10. The fourth-order valence-corrected chi connectivity index (χ4v) is 4.91. The summed E-state index contributed by atoms with van der Waals surface area (Å²) < 4.78 is 28.0. The third-order valence-electron chi connectivity index (χ3n) is 2.78. The second kappa shape index (κ2) is 6.66. The minimum atomic E-state index is -3.62. The van der Waals surface area contributed by atoms with Crippen LogP contribution in [0.15, 0.2) is 32.9 Å². The molecule has 0 radical (unpaired) electrons. The van der Waals surface area contributed by atoms with Crippen LogP contribution in [0.1, 0.15) is 10.4 Å². The molecule has 0 spiro atoms. The molecule has 0 saturated carbocycles. The minimum absolute atomic E-state index is 0.251. The van der Waals surface area contributed by atoms with Crippen molar-refractivity contribution in [3.05, 3.63) is 43.5 Å². The molecule has 0 saturated heterocycles. The van der Waals surface area contributed by atoms with Crippen LogP contribution in [0.2, 0.25) is 5.02 Å². The van der Waals surface area contributed by atoms with Crippen molar-refractivity contribution in [3.63, 3.8) is 0 Å². The first-order valence-electron chi connectivity index (χ1n) is 6.04. The first kappa shape index (κ1) is 16.8. The van der Waals surface area contributed by atoms with Gasteiger partial charge in [-0.1, -0.05) is 11.6 Å². The molecule has 0 amide bonds. The number of aryl methyl sites for hydroxylation is 1. The molecular formula is C13H14BrClN2O2S2. The van der Waals surface area contributed by atoms with Crippen LogP contribution in [0, 0.1) is 6.92 Å². The van der Waals surface area contributed by atoms with Gasteiger partial charge < -0.3 is 5.32 Å². The minimum Gasteiger partial charge on any atom is -0.315 e. The zero-order valence-corrected chi connectivity index (χ0v) is 15.4. The number of hydrogen-bond donors (Lipinski definition) is 2. The molecule has 2 N–H and O–H groups in total. The Morgan fingerprint density at radius 2 is 2.05 bits per heavy atom. The molecule has 4 nitrogen and oxygen atoms in total. The molecule has 0 fully saturated rings. The summed E-state index contributed by atoms with van der Waals surface area (Å²) in [5.74, 6) is 0. The van der Waals surface area contributed by atoms with Gasteiger partial charge in [0, 0.05) is 26.3 Å². The van der Waals surface area contributed by atoms with Gasteiger partial charge in [0.15, 0.2) is 0 Å². The number of hydrogen-bond acceptors (Lipinski definition) is 4. The largest absolute Gasteiger partial charge is 0.315 e.